The number of rotatable bonds is 2. The van der Waals surface area contributed by atoms with Crippen LogP contribution in [0.25, 0.3) is 10.2 Å². The fourth-order valence-corrected chi connectivity index (χ4v) is 4.30. The predicted octanol–water partition coefficient (Wildman–Crippen LogP) is 3.22. The molecule has 27 heavy (non-hydrogen) atoms. The smallest absolute Gasteiger partial charge is 0.410 e. The summed E-state index contributed by atoms with van der Waals surface area (Å²) in [5, 5.41) is 0.697. The summed E-state index contributed by atoms with van der Waals surface area (Å²) in [6.07, 6.45) is -0.271. The Hall–Kier alpha value is -1.93. The molecule has 3 rings (SSSR count). The van der Waals surface area contributed by atoms with Gasteiger partial charge in [-0.25, -0.2) is 9.78 Å². The van der Waals surface area contributed by atoms with Gasteiger partial charge >= 0.3 is 6.09 Å². The molecule has 148 valence electrons. The van der Waals surface area contributed by atoms with E-state index in [9.17, 15) is 9.59 Å². The molecule has 1 atom stereocenters. The summed E-state index contributed by atoms with van der Waals surface area (Å²) in [5.74, 6) is 0.680. The molecule has 0 radical (unpaired) electrons. The van der Waals surface area contributed by atoms with Crippen LogP contribution in [-0.4, -0.2) is 57.6 Å². The molecular formula is C19H28N4O3S. The lowest BCUT2D eigenvalue weighted by Crippen LogP contribution is -2.50. The number of ether oxygens (including phenoxy) is 1. The Morgan fingerprint density at radius 3 is 2.44 bits per heavy atom. The number of nitrogens with one attached hydrogen (secondary N) is 1. The van der Waals surface area contributed by atoms with Gasteiger partial charge in [-0.1, -0.05) is 0 Å². The molecule has 1 aliphatic heterocycles. The third-order valence-electron chi connectivity index (χ3n) is 4.97. The molecule has 2 aromatic rings. The monoisotopic (exact) mass is 392 g/mol. The van der Waals surface area contributed by atoms with Gasteiger partial charge in [0.25, 0.3) is 5.56 Å². The number of carbonyl (C=O) groups excluding carboxylic acids is 1. The first-order valence-electron chi connectivity index (χ1n) is 9.28. The summed E-state index contributed by atoms with van der Waals surface area (Å²) in [4.78, 5) is 38.3. The van der Waals surface area contributed by atoms with E-state index in [1.807, 2.05) is 41.5 Å². The summed E-state index contributed by atoms with van der Waals surface area (Å²) in [6, 6.07) is -0.0226. The minimum absolute atomic E-state index is 0.0226. The number of piperazine rings is 1. The number of carbonyl (C=O) groups is 1. The fourth-order valence-electron chi connectivity index (χ4n) is 3.26. The molecule has 1 aliphatic rings. The second-order valence-electron chi connectivity index (χ2n) is 8.09. The lowest BCUT2D eigenvalue weighted by Gasteiger charge is -2.38. The second kappa shape index (κ2) is 7.24. The fraction of sp³-hybridized carbons (Fsp3) is 0.632. The molecule has 1 N–H and O–H groups in total. The zero-order valence-corrected chi connectivity index (χ0v) is 17.7. The standard InChI is InChI=1S/C19H28N4O3S/c1-11-13(3)27-17-14(11)16(24)20-15(21-17)12(2)22-7-9-23(10-8-22)18(25)26-19(4,5)6/h12H,7-10H2,1-6H3,(H,20,21,24). The molecule has 0 aliphatic carbocycles. The normalized spacial score (nSPS) is 17.3. The van der Waals surface area contributed by atoms with Crippen molar-refractivity contribution >= 4 is 27.6 Å². The summed E-state index contributed by atoms with van der Waals surface area (Å²) in [6.45, 7) is 14.3. The van der Waals surface area contributed by atoms with E-state index in [2.05, 4.69) is 9.88 Å². The van der Waals surface area contributed by atoms with Gasteiger partial charge in [0.2, 0.25) is 0 Å². The van der Waals surface area contributed by atoms with Crippen LogP contribution in [0.1, 0.15) is 50.0 Å². The number of nitrogens with zero attached hydrogens (tertiary/aromatic N) is 3. The van der Waals surface area contributed by atoms with Crippen LogP contribution >= 0.6 is 11.3 Å². The van der Waals surface area contributed by atoms with Crippen molar-refractivity contribution in [3.05, 3.63) is 26.6 Å². The molecule has 3 heterocycles. The molecule has 0 aromatic carbocycles. The quantitative estimate of drug-likeness (QED) is 0.849. The highest BCUT2D eigenvalue weighted by Gasteiger charge is 2.29. The molecule has 8 heteroatoms. The molecule has 1 fully saturated rings. The minimum atomic E-state index is -0.489. The Labute approximate surface area is 163 Å². The lowest BCUT2D eigenvalue weighted by molar-refractivity contribution is 0.0107. The van der Waals surface area contributed by atoms with Gasteiger partial charge in [-0.2, -0.15) is 0 Å². The highest BCUT2D eigenvalue weighted by atomic mass is 32.1. The predicted molar refractivity (Wildman–Crippen MR) is 108 cm³/mol. The van der Waals surface area contributed by atoms with Crippen LogP contribution in [0.4, 0.5) is 4.79 Å². The van der Waals surface area contributed by atoms with Crippen molar-refractivity contribution in [1.82, 2.24) is 19.8 Å². The maximum Gasteiger partial charge on any atom is 0.410 e. The second-order valence-corrected chi connectivity index (χ2v) is 9.30. The summed E-state index contributed by atoms with van der Waals surface area (Å²) in [7, 11) is 0. The number of hydrogen-bond donors (Lipinski definition) is 1. The van der Waals surface area contributed by atoms with E-state index in [1.165, 1.54) is 0 Å². The summed E-state index contributed by atoms with van der Waals surface area (Å²) in [5.41, 5.74) is 0.446. The number of hydrogen-bond acceptors (Lipinski definition) is 6. The molecule has 0 bridgehead atoms. The van der Waals surface area contributed by atoms with Crippen LogP contribution in [0.15, 0.2) is 4.79 Å². The zero-order valence-electron chi connectivity index (χ0n) is 16.9. The van der Waals surface area contributed by atoms with Gasteiger partial charge in [-0.05, 0) is 47.1 Å². The van der Waals surface area contributed by atoms with Crippen molar-refractivity contribution < 1.29 is 9.53 Å². The van der Waals surface area contributed by atoms with E-state index in [-0.39, 0.29) is 17.7 Å². The number of amides is 1. The third-order valence-corrected chi connectivity index (χ3v) is 6.07. The molecule has 7 nitrogen and oxygen atoms in total. The van der Waals surface area contributed by atoms with Crippen molar-refractivity contribution in [3.63, 3.8) is 0 Å². The Kier molecular flexibility index (Phi) is 5.31. The van der Waals surface area contributed by atoms with Crippen molar-refractivity contribution in [2.45, 2.75) is 53.2 Å². The van der Waals surface area contributed by atoms with E-state index >= 15 is 0 Å². The molecule has 1 unspecified atom stereocenters. The van der Waals surface area contributed by atoms with Gasteiger partial charge in [0.15, 0.2) is 0 Å². The average molecular weight is 393 g/mol. The van der Waals surface area contributed by atoms with Crippen LogP contribution in [-0.2, 0) is 4.74 Å². The summed E-state index contributed by atoms with van der Waals surface area (Å²) >= 11 is 1.56. The SMILES string of the molecule is Cc1sc2nc(C(C)N3CCN(C(=O)OC(C)(C)C)CC3)[nH]c(=O)c2c1C. The molecule has 2 aromatic heterocycles. The average Bonchev–Trinajstić information content (AvgIpc) is 2.87. The molecule has 1 saturated heterocycles. The van der Waals surface area contributed by atoms with Gasteiger partial charge in [0.05, 0.1) is 11.4 Å². The highest BCUT2D eigenvalue weighted by molar-refractivity contribution is 7.18. The van der Waals surface area contributed by atoms with E-state index in [0.29, 0.717) is 37.4 Å². The Morgan fingerprint density at radius 1 is 1.22 bits per heavy atom. The largest absolute Gasteiger partial charge is 0.444 e. The zero-order chi connectivity index (χ0) is 19.9. The minimum Gasteiger partial charge on any atom is -0.444 e. The van der Waals surface area contributed by atoms with Crippen molar-refractivity contribution in [3.8, 4) is 0 Å². The van der Waals surface area contributed by atoms with Crippen molar-refractivity contribution in [2.75, 3.05) is 26.2 Å². The molecular weight excluding hydrogens is 364 g/mol. The van der Waals surface area contributed by atoms with Crippen LogP contribution in [0.3, 0.4) is 0 Å². The van der Waals surface area contributed by atoms with Gasteiger partial charge < -0.3 is 14.6 Å². The number of aromatic nitrogens is 2. The first kappa shape index (κ1) is 19.8. The third kappa shape index (κ3) is 4.16. The van der Waals surface area contributed by atoms with E-state index in [4.69, 9.17) is 9.72 Å². The van der Waals surface area contributed by atoms with Gasteiger partial charge in [-0.3, -0.25) is 9.69 Å². The summed E-state index contributed by atoms with van der Waals surface area (Å²) < 4.78 is 5.44. The van der Waals surface area contributed by atoms with Crippen LogP contribution in [0.5, 0.6) is 0 Å². The maximum absolute atomic E-state index is 12.5. The molecule has 0 spiro atoms. The Bertz CT molecular complexity index is 904. The van der Waals surface area contributed by atoms with Gasteiger partial charge in [0.1, 0.15) is 16.3 Å². The Morgan fingerprint density at radius 2 is 1.85 bits per heavy atom. The number of aromatic amines is 1. The first-order chi connectivity index (χ1) is 12.6. The van der Waals surface area contributed by atoms with Gasteiger partial charge in [0, 0.05) is 31.1 Å². The van der Waals surface area contributed by atoms with E-state index in [0.717, 1.165) is 15.3 Å². The molecule has 0 saturated carbocycles. The van der Waals surface area contributed by atoms with E-state index in [1.54, 1.807) is 16.2 Å². The van der Waals surface area contributed by atoms with Crippen LogP contribution in [0, 0.1) is 13.8 Å². The lowest BCUT2D eigenvalue weighted by atomic mass is 10.2. The Balaban J connectivity index is 1.71. The number of fused-ring (bicyclic) bond motifs is 1. The van der Waals surface area contributed by atoms with Crippen LogP contribution < -0.4 is 5.56 Å². The topological polar surface area (TPSA) is 78.5 Å². The van der Waals surface area contributed by atoms with Crippen molar-refractivity contribution in [2.24, 2.45) is 0 Å². The van der Waals surface area contributed by atoms with E-state index < -0.39 is 5.60 Å². The maximum atomic E-state index is 12.5. The van der Waals surface area contributed by atoms with Crippen molar-refractivity contribution in [1.29, 1.82) is 0 Å². The first-order valence-corrected chi connectivity index (χ1v) is 10.1. The number of H-pyrrole nitrogens is 1. The van der Waals surface area contributed by atoms with Crippen LogP contribution in [0.2, 0.25) is 0 Å². The number of thiophene rings is 1. The number of aryl methyl sites for hydroxylation is 2. The van der Waals surface area contributed by atoms with Gasteiger partial charge in [-0.15, -0.1) is 11.3 Å². The highest BCUT2D eigenvalue weighted by Crippen LogP contribution is 2.27. The molecule has 1 amide bonds.